The molecule has 160 valence electrons. The Bertz CT molecular complexity index is 766. The van der Waals surface area contributed by atoms with Gasteiger partial charge < -0.3 is 20.1 Å². The summed E-state index contributed by atoms with van der Waals surface area (Å²) in [6.45, 7) is 4.11. The van der Waals surface area contributed by atoms with Crippen LogP contribution < -0.4 is 25.2 Å². The number of carboxylic acid groups (broad SMARTS) is 1. The van der Waals surface area contributed by atoms with E-state index in [-0.39, 0.29) is 5.91 Å². The molecule has 2 saturated heterocycles. The van der Waals surface area contributed by atoms with Crippen molar-refractivity contribution in [2.75, 3.05) is 49.6 Å². The lowest BCUT2D eigenvalue weighted by Gasteiger charge is -2.32. The highest BCUT2D eigenvalue weighted by Crippen LogP contribution is 2.33. The molecule has 2 heterocycles. The zero-order chi connectivity index (χ0) is 21.6. The number of urea groups is 1. The first-order valence-corrected chi connectivity index (χ1v) is 8.68. The summed E-state index contributed by atoms with van der Waals surface area (Å²) in [5.41, 5.74) is 1.76. The van der Waals surface area contributed by atoms with Crippen LogP contribution in [0.25, 0.3) is 0 Å². The van der Waals surface area contributed by atoms with Crippen molar-refractivity contribution in [2.24, 2.45) is 0 Å². The van der Waals surface area contributed by atoms with Gasteiger partial charge >= 0.3 is 18.2 Å². The lowest BCUT2D eigenvalue weighted by Crippen LogP contribution is -2.49. The number of aliphatic carboxylic acids is 1. The van der Waals surface area contributed by atoms with E-state index >= 15 is 0 Å². The lowest BCUT2D eigenvalue weighted by atomic mass is 10.2. The number of carbonyl (C=O) groups is 3. The molecule has 0 saturated carbocycles. The Labute approximate surface area is 164 Å². The minimum Gasteiger partial charge on any atom is -0.495 e. The molecule has 1 aromatic carbocycles. The SMILES string of the molecule is COc1ccc(N2CCNCC2)cc1N1CCC(=O)NC1=O.O=C(O)C(F)(F)F. The van der Waals surface area contributed by atoms with Gasteiger partial charge in [-0.05, 0) is 18.2 Å². The number of nitrogens with one attached hydrogen (secondary N) is 2. The molecule has 2 aliphatic heterocycles. The van der Waals surface area contributed by atoms with Crippen LogP contribution in [0.2, 0.25) is 0 Å². The predicted molar refractivity (Wildman–Crippen MR) is 97.3 cm³/mol. The average molecular weight is 418 g/mol. The van der Waals surface area contributed by atoms with E-state index in [0.717, 1.165) is 31.9 Å². The number of piperazine rings is 1. The first-order chi connectivity index (χ1) is 13.6. The van der Waals surface area contributed by atoms with Gasteiger partial charge in [-0.2, -0.15) is 13.2 Å². The Morgan fingerprint density at radius 1 is 1.17 bits per heavy atom. The second kappa shape index (κ2) is 9.45. The molecule has 0 unspecified atom stereocenters. The van der Waals surface area contributed by atoms with E-state index in [0.29, 0.717) is 24.4 Å². The molecule has 3 rings (SSSR count). The number of carbonyl (C=O) groups excluding carboxylic acids is 2. The summed E-state index contributed by atoms with van der Waals surface area (Å²) in [7, 11) is 1.58. The van der Waals surface area contributed by atoms with E-state index in [1.54, 1.807) is 12.0 Å². The maximum atomic E-state index is 12.1. The highest BCUT2D eigenvalue weighted by molar-refractivity contribution is 6.06. The molecule has 0 aromatic heterocycles. The molecular formula is C17H21F3N4O5. The number of imide groups is 1. The van der Waals surface area contributed by atoms with Gasteiger partial charge in [-0.1, -0.05) is 0 Å². The van der Waals surface area contributed by atoms with Crippen LogP contribution in [0.3, 0.4) is 0 Å². The number of ether oxygens (including phenoxy) is 1. The van der Waals surface area contributed by atoms with Crippen LogP contribution in [0.15, 0.2) is 18.2 Å². The van der Waals surface area contributed by atoms with Gasteiger partial charge in [0.25, 0.3) is 0 Å². The fourth-order valence-electron chi connectivity index (χ4n) is 2.80. The molecule has 0 radical (unpaired) electrons. The van der Waals surface area contributed by atoms with Crippen molar-refractivity contribution in [2.45, 2.75) is 12.6 Å². The zero-order valence-electron chi connectivity index (χ0n) is 15.6. The number of hydrogen-bond donors (Lipinski definition) is 3. The van der Waals surface area contributed by atoms with Crippen molar-refractivity contribution in [1.29, 1.82) is 0 Å². The number of nitrogens with zero attached hydrogens (tertiary/aromatic N) is 2. The fraction of sp³-hybridized carbons (Fsp3) is 0.471. The van der Waals surface area contributed by atoms with Crippen LogP contribution in [0.1, 0.15) is 6.42 Å². The molecule has 9 nitrogen and oxygen atoms in total. The Morgan fingerprint density at radius 2 is 1.79 bits per heavy atom. The second-order valence-corrected chi connectivity index (χ2v) is 6.15. The number of hydrogen-bond acceptors (Lipinski definition) is 6. The highest BCUT2D eigenvalue weighted by atomic mass is 19.4. The van der Waals surface area contributed by atoms with Gasteiger partial charge in [0.1, 0.15) is 5.75 Å². The van der Waals surface area contributed by atoms with Crippen LogP contribution in [0.5, 0.6) is 5.75 Å². The average Bonchev–Trinajstić information content (AvgIpc) is 2.68. The molecule has 0 spiro atoms. The maximum Gasteiger partial charge on any atom is 0.490 e. The van der Waals surface area contributed by atoms with Gasteiger partial charge in [-0.3, -0.25) is 15.0 Å². The highest BCUT2D eigenvalue weighted by Gasteiger charge is 2.38. The fourth-order valence-corrected chi connectivity index (χ4v) is 2.80. The van der Waals surface area contributed by atoms with Crippen LogP contribution in [0, 0.1) is 0 Å². The topological polar surface area (TPSA) is 111 Å². The van der Waals surface area contributed by atoms with E-state index in [2.05, 4.69) is 15.5 Å². The summed E-state index contributed by atoms with van der Waals surface area (Å²) in [4.78, 5) is 36.1. The predicted octanol–water partition coefficient (Wildman–Crippen LogP) is 1.18. The summed E-state index contributed by atoms with van der Waals surface area (Å²) in [6.07, 6.45) is -4.78. The van der Waals surface area contributed by atoms with E-state index in [1.165, 1.54) is 0 Å². The van der Waals surface area contributed by atoms with E-state index in [1.807, 2.05) is 18.2 Å². The summed E-state index contributed by atoms with van der Waals surface area (Å²) in [6, 6.07) is 5.43. The Kier molecular flexibility index (Phi) is 7.26. The number of carboxylic acids is 1. The number of amides is 3. The van der Waals surface area contributed by atoms with E-state index in [9.17, 15) is 22.8 Å². The smallest absolute Gasteiger partial charge is 0.490 e. The third-order valence-corrected chi connectivity index (χ3v) is 4.23. The van der Waals surface area contributed by atoms with Gasteiger partial charge in [0, 0.05) is 44.8 Å². The molecule has 3 N–H and O–H groups in total. The molecular weight excluding hydrogens is 397 g/mol. The Morgan fingerprint density at radius 3 is 2.31 bits per heavy atom. The normalized spacial score (nSPS) is 17.2. The number of anilines is 2. The standard InChI is InChI=1S/C15H20N4O3.C2HF3O2/c1-22-13-3-2-11(18-8-5-16-6-9-18)10-12(13)19-7-4-14(20)17-15(19)21;3-2(4,5)1(6)7/h2-3,10,16H,4-9H2,1H3,(H,17,20,21);(H,6,7). The molecule has 29 heavy (non-hydrogen) atoms. The summed E-state index contributed by atoms with van der Waals surface area (Å²) < 4.78 is 37.1. The third-order valence-electron chi connectivity index (χ3n) is 4.23. The van der Waals surface area contributed by atoms with Crippen LogP contribution in [-0.4, -0.2) is 69.0 Å². The number of methoxy groups -OCH3 is 1. The third kappa shape index (κ3) is 5.98. The molecule has 0 aliphatic carbocycles. The van der Waals surface area contributed by atoms with Crippen molar-refractivity contribution in [1.82, 2.24) is 10.6 Å². The molecule has 2 aliphatic rings. The van der Waals surface area contributed by atoms with Crippen molar-refractivity contribution >= 4 is 29.3 Å². The number of benzene rings is 1. The number of alkyl halides is 3. The Balaban J connectivity index is 0.000000370. The molecule has 2 fully saturated rings. The second-order valence-electron chi connectivity index (χ2n) is 6.15. The van der Waals surface area contributed by atoms with Gasteiger partial charge in [0.05, 0.1) is 12.8 Å². The summed E-state index contributed by atoms with van der Waals surface area (Å²) >= 11 is 0. The maximum absolute atomic E-state index is 12.1. The monoisotopic (exact) mass is 418 g/mol. The quantitative estimate of drug-likeness (QED) is 0.676. The van der Waals surface area contributed by atoms with Crippen LogP contribution in [-0.2, 0) is 9.59 Å². The number of rotatable bonds is 3. The molecule has 1 aromatic rings. The molecule has 3 amide bonds. The largest absolute Gasteiger partial charge is 0.495 e. The van der Waals surface area contributed by atoms with Gasteiger partial charge in [0.2, 0.25) is 5.91 Å². The lowest BCUT2D eigenvalue weighted by molar-refractivity contribution is -0.192. The van der Waals surface area contributed by atoms with Crippen molar-refractivity contribution in [3.8, 4) is 5.75 Å². The zero-order valence-corrected chi connectivity index (χ0v) is 15.6. The van der Waals surface area contributed by atoms with Crippen molar-refractivity contribution < 1.29 is 37.4 Å². The first-order valence-electron chi connectivity index (χ1n) is 8.68. The molecule has 0 bridgehead atoms. The van der Waals surface area contributed by atoms with Crippen molar-refractivity contribution in [3.05, 3.63) is 18.2 Å². The van der Waals surface area contributed by atoms with Crippen LogP contribution in [0.4, 0.5) is 29.3 Å². The van der Waals surface area contributed by atoms with Crippen molar-refractivity contribution in [3.63, 3.8) is 0 Å². The summed E-state index contributed by atoms with van der Waals surface area (Å²) in [5, 5.41) is 12.8. The van der Waals surface area contributed by atoms with E-state index < -0.39 is 18.2 Å². The van der Waals surface area contributed by atoms with Gasteiger partial charge in [0.15, 0.2) is 0 Å². The minimum absolute atomic E-state index is 0.238. The summed E-state index contributed by atoms with van der Waals surface area (Å²) in [5.74, 6) is -2.37. The first kappa shape index (κ1) is 22.3. The molecule has 0 atom stereocenters. The number of halogens is 3. The molecule has 12 heteroatoms. The van der Waals surface area contributed by atoms with Gasteiger partial charge in [-0.15, -0.1) is 0 Å². The van der Waals surface area contributed by atoms with Gasteiger partial charge in [-0.25, -0.2) is 9.59 Å². The minimum atomic E-state index is -5.08. The Hall–Kier alpha value is -3.02. The van der Waals surface area contributed by atoms with E-state index in [4.69, 9.17) is 14.6 Å². The van der Waals surface area contributed by atoms with Crippen LogP contribution >= 0.6 is 0 Å².